The predicted molar refractivity (Wildman–Crippen MR) is 92.7 cm³/mol. The Balaban J connectivity index is 1.76. The molecule has 5 nitrogen and oxygen atoms in total. The summed E-state index contributed by atoms with van der Waals surface area (Å²) in [6.45, 7) is 2.55. The lowest BCUT2D eigenvalue weighted by atomic mass is 10.00. The molecule has 1 aromatic heterocycles. The van der Waals surface area contributed by atoms with Crippen LogP contribution in [-0.4, -0.2) is 34.3 Å². The first-order chi connectivity index (χ1) is 11.6. The van der Waals surface area contributed by atoms with Gasteiger partial charge in [0.1, 0.15) is 11.9 Å². The number of hydrogen-bond acceptors (Lipinski definition) is 3. The molecule has 3 rings (SSSR count). The summed E-state index contributed by atoms with van der Waals surface area (Å²) in [6, 6.07) is 12.4. The third-order valence-corrected chi connectivity index (χ3v) is 4.25. The summed E-state index contributed by atoms with van der Waals surface area (Å²) in [5.41, 5.74) is 1.65. The third-order valence-electron chi connectivity index (χ3n) is 4.25. The molecule has 5 heteroatoms. The number of pyridine rings is 1. The van der Waals surface area contributed by atoms with E-state index in [-0.39, 0.29) is 11.8 Å². The highest BCUT2D eigenvalue weighted by Gasteiger charge is 2.32. The molecular weight excluding hydrogens is 302 g/mol. The Morgan fingerprint density at radius 2 is 1.96 bits per heavy atom. The Hall–Kier alpha value is -2.69. The maximum atomic E-state index is 12.8. The van der Waals surface area contributed by atoms with Crippen LogP contribution in [0.4, 0.5) is 5.82 Å². The van der Waals surface area contributed by atoms with Gasteiger partial charge in [-0.05, 0) is 56.0 Å². The maximum Gasteiger partial charge on any atom is 0.254 e. The summed E-state index contributed by atoms with van der Waals surface area (Å²) < 4.78 is 0. The van der Waals surface area contributed by atoms with Gasteiger partial charge >= 0.3 is 0 Å². The normalized spacial score (nSPS) is 17.4. The Kier molecular flexibility index (Phi) is 4.89. The van der Waals surface area contributed by atoms with Crippen LogP contribution in [0.25, 0.3) is 0 Å². The van der Waals surface area contributed by atoms with E-state index in [0.717, 1.165) is 18.4 Å². The van der Waals surface area contributed by atoms with Gasteiger partial charge < -0.3 is 10.2 Å². The number of piperidine rings is 1. The minimum absolute atomic E-state index is 0.0901. The van der Waals surface area contributed by atoms with E-state index in [1.807, 2.05) is 37.3 Å². The second kappa shape index (κ2) is 7.25. The average molecular weight is 323 g/mol. The minimum atomic E-state index is -0.450. The van der Waals surface area contributed by atoms with Crippen molar-refractivity contribution < 1.29 is 9.59 Å². The van der Waals surface area contributed by atoms with Crippen molar-refractivity contribution >= 4 is 17.6 Å². The van der Waals surface area contributed by atoms with Crippen LogP contribution in [-0.2, 0) is 4.79 Å². The molecule has 1 N–H and O–H groups in total. The average Bonchev–Trinajstić information content (AvgIpc) is 2.62. The zero-order chi connectivity index (χ0) is 16.9. The molecule has 2 aromatic rings. The number of likely N-dealkylation sites (tertiary alicyclic amines) is 1. The van der Waals surface area contributed by atoms with Gasteiger partial charge in [0.2, 0.25) is 5.91 Å². The van der Waals surface area contributed by atoms with Gasteiger partial charge in [0.05, 0.1) is 0 Å². The monoisotopic (exact) mass is 323 g/mol. The number of nitrogens with zero attached hydrogens (tertiary/aromatic N) is 2. The van der Waals surface area contributed by atoms with Crippen LogP contribution in [0.15, 0.2) is 48.7 Å². The molecule has 2 amide bonds. The zero-order valence-corrected chi connectivity index (χ0v) is 13.7. The van der Waals surface area contributed by atoms with Crippen molar-refractivity contribution in [1.82, 2.24) is 9.88 Å². The smallest absolute Gasteiger partial charge is 0.254 e. The molecule has 1 aromatic carbocycles. The van der Waals surface area contributed by atoms with Crippen molar-refractivity contribution in [2.75, 3.05) is 11.9 Å². The molecule has 0 saturated carbocycles. The van der Waals surface area contributed by atoms with Crippen molar-refractivity contribution in [2.24, 2.45) is 0 Å². The lowest BCUT2D eigenvalue weighted by Gasteiger charge is -2.34. The van der Waals surface area contributed by atoms with Crippen LogP contribution in [0.1, 0.15) is 35.2 Å². The van der Waals surface area contributed by atoms with Gasteiger partial charge in [0, 0.05) is 18.3 Å². The first-order valence-corrected chi connectivity index (χ1v) is 8.25. The quantitative estimate of drug-likeness (QED) is 0.944. The van der Waals surface area contributed by atoms with E-state index in [4.69, 9.17) is 0 Å². The molecule has 0 radical (unpaired) electrons. The number of aryl methyl sites for hydroxylation is 1. The van der Waals surface area contributed by atoms with E-state index < -0.39 is 6.04 Å². The molecule has 24 heavy (non-hydrogen) atoms. The first kappa shape index (κ1) is 16.2. The summed E-state index contributed by atoms with van der Waals surface area (Å²) in [4.78, 5) is 31.3. The van der Waals surface area contributed by atoms with E-state index in [0.29, 0.717) is 24.3 Å². The first-order valence-electron chi connectivity index (χ1n) is 8.25. The second-order valence-electron chi connectivity index (χ2n) is 6.08. The highest BCUT2D eigenvalue weighted by Crippen LogP contribution is 2.21. The van der Waals surface area contributed by atoms with E-state index in [1.54, 1.807) is 23.2 Å². The Labute approximate surface area is 141 Å². The topological polar surface area (TPSA) is 62.3 Å². The van der Waals surface area contributed by atoms with E-state index in [9.17, 15) is 9.59 Å². The lowest BCUT2D eigenvalue weighted by Crippen LogP contribution is -2.50. The van der Waals surface area contributed by atoms with Crippen LogP contribution in [0.5, 0.6) is 0 Å². The van der Waals surface area contributed by atoms with Crippen LogP contribution < -0.4 is 5.32 Å². The lowest BCUT2D eigenvalue weighted by molar-refractivity contribution is -0.121. The van der Waals surface area contributed by atoms with Crippen molar-refractivity contribution in [3.05, 3.63) is 59.8 Å². The fraction of sp³-hybridized carbons (Fsp3) is 0.316. The van der Waals surface area contributed by atoms with E-state index >= 15 is 0 Å². The van der Waals surface area contributed by atoms with Gasteiger partial charge in [-0.2, -0.15) is 0 Å². The molecule has 1 saturated heterocycles. The maximum absolute atomic E-state index is 12.8. The summed E-state index contributed by atoms with van der Waals surface area (Å²) in [5.74, 6) is 0.266. The van der Waals surface area contributed by atoms with Crippen LogP contribution in [0.3, 0.4) is 0 Å². The molecular formula is C19H21N3O2. The number of rotatable bonds is 3. The van der Waals surface area contributed by atoms with Crippen LogP contribution in [0.2, 0.25) is 0 Å². The van der Waals surface area contributed by atoms with Gasteiger partial charge in [0.15, 0.2) is 0 Å². The summed E-state index contributed by atoms with van der Waals surface area (Å²) in [5, 5.41) is 2.84. The number of aromatic nitrogens is 1. The van der Waals surface area contributed by atoms with E-state index in [1.165, 1.54) is 0 Å². The second-order valence-corrected chi connectivity index (χ2v) is 6.08. The van der Waals surface area contributed by atoms with Crippen molar-refractivity contribution in [2.45, 2.75) is 32.2 Å². The predicted octanol–water partition coefficient (Wildman–Crippen LogP) is 3.02. The Morgan fingerprint density at radius 3 is 2.71 bits per heavy atom. The summed E-state index contributed by atoms with van der Waals surface area (Å²) >= 11 is 0. The molecule has 0 unspecified atom stereocenters. The number of hydrogen-bond donors (Lipinski definition) is 1. The molecule has 1 atom stereocenters. The standard InChI is InChI=1S/C19H21N3O2/c1-14-10-11-20-17(13-14)21-18(23)16-9-5-6-12-22(16)19(24)15-7-3-2-4-8-15/h2-4,7-8,10-11,13,16H,5-6,9,12H2,1H3,(H,20,21,23)/t16-/m1/s1. The fourth-order valence-electron chi connectivity index (χ4n) is 3.01. The van der Waals surface area contributed by atoms with Gasteiger partial charge in [-0.15, -0.1) is 0 Å². The Bertz CT molecular complexity index is 730. The van der Waals surface area contributed by atoms with Gasteiger partial charge in [-0.3, -0.25) is 9.59 Å². The highest BCUT2D eigenvalue weighted by molar-refractivity contribution is 6.01. The molecule has 0 spiro atoms. The number of anilines is 1. The molecule has 1 fully saturated rings. The van der Waals surface area contributed by atoms with Gasteiger partial charge in [-0.25, -0.2) is 4.98 Å². The SMILES string of the molecule is Cc1ccnc(NC(=O)[C@H]2CCCCN2C(=O)c2ccccc2)c1. The van der Waals surface area contributed by atoms with Gasteiger partial charge in [0.25, 0.3) is 5.91 Å². The summed E-state index contributed by atoms with van der Waals surface area (Å²) in [6.07, 6.45) is 4.21. The number of nitrogens with one attached hydrogen (secondary N) is 1. The molecule has 124 valence electrons. The third kappa shape index (κ3) is 3.62. The molecule has 0 bridgehead atoms. The van der Waals surface area contributed by atoms with Crippen molar-refractivity contribution in [1.29, 1.82) is 0 Å². The van der Waals surface area contributed by atoms with Crippen molar-refractivity contribution in [3.63, 3.8) is 0 Å². The van der Waals surface area contributed by atoms with Gasteiger partial charge in [-0.1, -0.05) is 18.2 Å². The zero-order valence-electron chi connectivity index (χ0n) is 13.7. The molecule has 1 aliphatic heterocycles. The van der Waals surface area contributed by atoms with E-state index in [2.05, 4.69) is 10.3 Å². The number of carbonyl (C=O) groups is 2. The molecule has 1 aliphatic rings. The fourth-order valence-corrected chi connectivity index (χ4v) is 3.01. The number of amides is 2. The molecule has 0 aliphatic carbocycles. The van der Waals surface area contributed by atoms with Crippen LogP contribution >= 0.6 is 0 Å². The molecule has 2 heterocycles. The van der Waals surface area contributed by atoms with Crippen LogP contribution in [0, 0.1) is 6.92 Å². The Morgan fingerprint density at radius 1 is 1.17 bits per heavy atom. The summed E-state index contributed by atoms with van der Waals surface area (Å²) in [7, 11) is 0. The largest absolute Gasteiger partial charge is 0.327 e. The number of benzene rings is 1. The number of carbonyl (C=O) groups excluding carboxylic acids is 2. The van der Waals surface area contributed by atoms with Crippen molar-refractivity contribution in [3.8, 4) is 0 Å². The highest BCUT2D eigenvalue weighted by atomic mass is 16.2. The minimum Gasteiger partial charge on any atom is -0.327 e.